The monoisotopic (exact) mass is 379 g/mol. The molecule has 0 aliphatic heterocycles. The molecule has 1 N–H and O–H groups in total. The van der Waals surface area contributed by atoms with Crippen LogP contribution in [0.2, 0.25) is 0 Å². The smallest absolute Gasteiger partial charge is 0.214 e. The van der Waals surface area contributed by atoms with Gasteiger partial charge in [-0.2, -0.15) is 4.31 Å². The van der Waals surface area contributed by atoms with Gasteiger partial charge in [0.2, 0.25) is 10.0 Å². The van der Waals surface area contributed by atoms with Crippen LogP contribution in [0.4, 0.5) is 0 Å². The van der Waals surface area contributed by atoms with Crippen LogP contribution in [-0.2, 0) is 23.1 Å². The number of hydrogen-bond acceptors (Lipinski definition) is 5. The third-order valence-corrected chi connectivity index (χ3v) is 5.84. The number of ether oxygens (including phenoxy) is 2. The Kier molecular flexibility index (Phi) is 7.44. The number of rotatable bonds is 10. The Labute approximate surface area is 155 Å². The second-order valence-electron chi connectivity index (χ2n) is 5.86. The van der Waals surface area contributed by atoms with Gasteiger partial charge in [0.25, 0.3) is 0 Å². The summed E-state index contributed by atoms with van der Waals surface area (Å²) in [6.45, 7) is 0.353. The first-order valence-corrected chi connectivity index (χ1v) is 9.94. The van der Waals surface area contributed by atoms with Crippen molar-refractivity contribution in [3.8, 4) is 11.5 Å². The molecule has 0 bridgehead atoms. The highest BCUT2D eigenvalue weighted by Crippen LogP contribution is 2.19. The van der Waals surface area contributed by atoms with Gasteiger partial charge in [-0.25, -0.2) is 8.42 Å². The van der Waals surface area contributed by atoms with Gasteiger partial charge >= 0.3 is 0 Å². The molecule has 2 aromatic rings. The zero-order valence-electron chi connectivity index (χ0n) is 15.1. The Morgan fingerprint density at radius 3 is 1.62 bits per heavy atom. The molecule has 0 heterocycles. The molecule has 0 spiro atoms. The van der Waals surface area contributed by atoms with E-state index in [-0.39, 0.29) is 31.9 Å². The Morgan fingerprint density at radius 1 is 0.846 bits per heavy atom. The van der Waals surface area contributed by atoms with Gasteiger partial charge in [-0.1, -0.05) is 24.3 Å². The average molecular weight is 379 g/mol. The maximum Gasteiger partial charge on any atom is 0.214 e. The molecule has 0 radical (unpaired) electrons. The van der Waals surface area contributed by atoms with Gasteiger partial charge in [-0.3, -0.25) is 0 Å². The minimum absolute atomic E-state index is 0.0875. The lowest BCUT2D eigenvalue weighted by molar-refractivity contribution is 0.293. The van der Waals surface area contributed by atoms with Gasteiger partial charge in [0.05, 0.1) is 20.0 Å². The lowest BCUT2D eigenvalue weighted by atomic mass is 10.2. The third-order valence-electron chi connectivity index (χ3n) is 3.99. The average Bonchev–Trinajstić information content (AvgIpc) is 2.67. The van der Waals surface area contributed by atoms with Crippen LogP contribution in [0.1, 0.15) is 17.5 Å². The zero-order chi connectivity index (χ0) is 19.0. The van der Waals surface area contributed by atoms with Crippen LogP contribution in [0.5, 0.6) is 11.5 Å². The summed E-state index contributed by atoms with van der Waals surface area (Å²) in [5.41, 5.74) is 1.73. The van der Waals surface area contributed by atoms with Gasteiger partial charge < -0.3 is 14.6 Å². The lowest BCUT2D eigenvalue weighted by Crippen LogP contribution is -2.32. The predicted molar refractivity (Wildman–Crippen MR) is 101 cm³/mol. The van der Waals surface area contributed by atoms with Crippen LogP contribution in [0.15, 0.2) is 48.5 Å². The van der Waals surface area contributed by atoms with Crippen molar-refractivity contribution in [1.82, 2.24) is 4.31 Å². The molecule has 0 unspecified atom stereocenters. The molecule has 7 heteroatoms. The summed E-state index contributed by atoms with van der Waals surface area (Å²) in [4.78, 5) is 0. The van der Waals surface area contributed by atoms with Crippen molar-refractivity contribution in [2.75, 3.05) is 26.6 Å². The minimum atomic E-state index is -3.50. The van der Waals surface area contributed by atoms with Gasteiger partial charge in [0, 0.05) is 19.7 Å². The van der Waals surface area contributed by atoms with Crippen molar-refractivity contribution in [2.45, 2.75) is 19.5 Å². The number of methoxy groups -OCH3 is 2. The summed E-state index contributed by atoms with van der Waals surface area (Å²) in [5.74, 6) is 1.35. The van der Waals surface area contributed by atoms with Gasteiger partial charge in [0.15, 0.2) is 0 Å². The first kappa shape index (κ1) is 20.2. The van der Waals surface area contributed by atoms with E-state index in [4.69, 9.17) is 14.6 Å². The number of nitrogens with zero attached hydrogens (tertiary/aromatic N) is 1. The van der Waals surface area contributed by atoms with Crippen molar-refractivity contribution < 1.29 is 23.0 Å². The molecule has 0 atom stereocenters. The molecular weight excluding hydrogens is 354 g/mol. The molecule has 0 saturated heterocycles. The van der Waals surface area contributed by atoms with Gasteiger partial charge in [-0.15, -0.1) is 0 Å². The third kappa shape index (κ3) is 5.72. The maximum atomic E-state index is 12.7. The number of benzene rings is 2. The standard InChI is InChI=1S/C19H25NO5S/c1-24-18-8-4-16(5-9-18)14-20(26(22,23)13-3-12-21)15-17-6-10-19(25-2)11-7-17/h4-11,21H,3,12-15H2,1-2H3. The quantitative estimate of drug-likeness (QED) is 0.686. The molecule has 2 aromatic carbocycles. The van der Waals surface area contributed by atoms with Crippen molar-refractivity contribution in [3.05, 3.63) is 59.7 Å². The summed E-state index contributed by atoms with van der Waals surface area (Å²) in [7, 11) is -0.326. The van der Waals surface area contributed by atoms with E-state index in [0.717, 1.165) is 22.6 Å². The number of aliphatic hydroxyl groups is 1. The van der Waals surface area contributed by atoms with E-state index in [1.165, 1.54) is 4.31 Å². The van der Waals surface area contributed by atoms with E-state index >= 15 is 0 Å². The molecule has 142 valence electrons. The molecule has 0 aliphatic rings. The number of sulfonamides is 1. The normalized spacial score (nSPS) is 11.5. The Morgan fingerprint density at radius 2 is 1.27 bits per heavy atom. The van der Waals surface area contributed by atoms with Crippen molar-refractivity contribution in [3.63, 3.8) is 0 Å². The van der Waals surface area contributed by atoms with Crippen LogP contribution in [0.3, 0.4) is 0 Å². The van der Waals surface area contributed by atoms with Gasteiger partial charge in [0.1, 0.15) is 11.5 Å². The first-order valence-electron chi connectivity index (χ1n) is 8.33. The molecule has 0 saturated carbocycles. The van der Waals surface area contributed by atoms with Crippen LogP contribution < -0.4 is 9.47 Å². The van der Waals surface area contributed by atoms with E-state index in [9.17, 15) is 8.42 Å². The molecule has 0 aromatic heterocycles. The van der Waals surface area contributed by atoms with E-state index in [2.05, 4.69) is 0 Å². The van der Waals surface area contributed by atoms with Crippen LogP contribution in [0.25, 0.3) is 0 Å². The first-order chi connectivity index (χ1) is 12.5. The van der Waals surface area contributed by atoms with Crippen molar-refractivity contribution in [2.24, 2.45) is 0 Å². The molecule has 26 heavy (non-hydrogen) atoms. The lowest BCUT2D eigenvalue weighted by Gasteiger charge is -2.22. The second kappa shape index (κ2) is 9.56. The topological polar surface area (TPSA) is 76.1 Å². The van der Waals surface area contributed by atoms with Crippen molar-refractivity contribution in [1.29, 1.82) is 0 Å². The largest absolute Gasteiger partial charge is 0.497 e. The second-order valence-corrected chi connectivity index (χ2v) is 7.95. The summed E-state index contributed by atoms with van der Waals surface area (Å²) >= 11 is 0. The van der Waals surface area contributed by atoms with E-state index in [0.29, 0.717) is 0 Å². The molecule has 0 amide bonds. The fraction of sp³-hybridized carbons (Fsp3) is 0.368. The van der Waals surface area contributed by atoms with Gasteiger partial charge in [-0.05, 0) is 41.8 Å². The minimum Gasteiger partial charge on any atom is -0.497 e. The Hall–Kier alpha value is -2.09. The molecule has 0 aliphatic carbocycles. The predicted octanol–water partition coefficient (Wildman–Crippen LogP) is 2.42. The fourth-order valence-electron chi connectivity index (χ4n) is 2.50. The summed E-state index contributed by atoms with van der Waals surface area (Å²) in [5, 5.41) is 9.00. The molecule has 0 fully saturated rings. The Bertz CT molecular complexity index is 723. The van der Waals surface area contributed by atoms with Crippen LogP contribution >= 0.6 is 0 Å². The van der Waals surface area contributed by atoms with E-state index in [1.54, 1.807) is 38.5 Å². The molecule has 2 rings (SSSR count). The summed E-state index contributed by atoms with van der Waals surface area (Å²) < 4.78 is 37.1. The fourth-order valence-corrected chi connectivity index (χ4v) is 3.94. The number of hydrogen-bond donors (Lipinski definition) is 1. The molecular formula is C19H25NO5S. The van der Waals surface area contributed by atoms with Crippen LogP contribution in [-0.4, -0.2) is 44.4 Å². The highest BCUT2D eigenvalue weighted by atomic mass is 32.2. The SMILES string of the molecule is COc1ccc(CN(Cc2ccc(OC)cc2)S(=O)(=O)CCCO)cc1. The Balaban J connectivity index is 2.21. The summed E-state index contributed by atoms with van der Waals surface area (Å²) in [6.07, 6.45) is 0.212. The van der Waals surface area contributed by atoms with E-state index < -0.39 is 10.0 Å². The molecule has 6 nitrogen and oxygen atoms in total. The number of aliphatic hydroxyl groups excluding tert-OH is 1. The van der Waals surface area contributed by atoms with Crippen molar-refractivity contribution >= 4 is 10.0 Å². The zero-order valence-corrected chi connectivity index (χ0v) is 15.9. The van der Waals surface area contributed by atoms with Crippen LogP contribution in [0, 0.1) is 0 Å². The summed E-state index contributed by atoms with van der Waals surface area (Å²) in [6, 6.07) is 14.6. The highest BCUT2D eigenvalue weighted by molar-refractivity contribution is 7.89. The highest BCUT2D eigenvalue weighted by Gasteiger charge is 2.22. The van der Waals surface area contributed by atoms with E-state index in [1.807, 2.05) is 24.3 Å². The maximum absolute atomic E-state index is 12.7.